The van der Waals surface area contributed by atoms with Crippen molar-refractivity contribution in [2.75, 3.05) is 13.7 Å². The Kier molecular flexibility index (Phi) is 4.90. The van der Waals surface area contributed by atoms with Crippen LogP contribution in [0.4, 0.5) is 0 Å². The van der Waals surface area contributed by atoms with Crippen molar-refractivity contribution in [3.05, 3.63) is 53.5 Å². The molecule has 3 rings (SSSR count). The fourth-order valence-corrected chi connectivity index (χ4v) is 3.31. The van der Waals surface area contributed by atoms with Crippen molar-refractivity contribution >= 4 is 5.91 Å². The minimum absolute atomic E-state index is 0.0865. The molecule has 0 unspecified atom stereocenters. The van der Waals surface area contributed by atoms with Gasteiger partial charge >= 0.3 is 0 Å². The predicted molar refractivity (Wildman–Crippen MR) is 90.1 cm³/mol. The second kappa shape index (κ2) is 7.09. The molecule has 1 fully saturated rings. The van der Waals surface area contributed by atoms with Crippen LogP contribution in [0.3, 0.4) is 0 Å². The van der Waals surface area contributed by atoms with E-state index in [1.54, 1.807) is 24.3 Å². The number of β-amino-alcohol motifs (C(OH)–C–C–N with tert-alkyl or cyclic N) is 1. The van der Waals surface area contributed by atoms with Gasteiger partial charge in [-0.25, -0.2) is 0 Å². The summed E-state index contributed by atoms with van der Waals surface area (Å²) >= 11 is 0. The molecule has 1 saturated heterocycles. The maximum atomic E-state index is 13.0. The van der Waals surface area contributed by atoms with Crippen molar-refractivity contribution < 1.29 is 19.1 Å². The Bertz CT molecular complexity index is 709. The third-order valence-electron chi connectivity index (χ3n) is 4.47. The van der Waals surface area contributed by atoms with Gasteiger partial charge in [0.15, 0.2) is 0 Å². The number of carbonyl (C=O) groups excluding carboxylic acids is 1. The molecule has 1 aliphatic rings. The van der Waals surface area contributed by atoms with Crippen LogP contribution in [0.5, 0.6) is 5.75 Å². The van der Waals surface area contributed by atoms with Gasteiger partial charge in [-0.1, -0.05) is 19.1 Å². The third kappa shape index (κ3) is 3.17. The Labute approximate surface area is 141 Å². The number of nitrogens with zero attached hydrogens (tertiary/aromatic N) is 1. The van der Waals surface area contributed by atoms with Crippen LogP contribution in [0.15, 0.2) is 41.0 Å². The van der Waals surface area contributed by atoms with Crippen LogP contribution in [0.1, 0.15) is 47.5 Å². The molecule has 1 aromatic carbocycles. The highest BCUT2D eigenvalue weighted by molar-refractivity contribution is 5.95. The number of hydrogen-bond donors (Lipinski definition) is 1. The maximum Gasteiger partial charge on any atom is 0.258 e. The van der Waals surface area contributed by atoms with Crippen molar-refractivity contribution in [2.24, 2.45) is 0 Å². The molecule has 0 spiro atoms. The van der Waals surface area contributed by atoms with Crippen molar-refractivity contribution in [1.29, 1.82) is 0 Å². The number of ether oxygens (including phenoxy) is 1. The number of aliphatic hydroxyl groups excluding tert-OH is 1. The van der Waals surface area contributed by atoms with Crippen LogP contribution in [0.2, 0.25) is 0 Å². The van der Waals surface area contributed by atoms with Gasteiger partial charge < -0.3 is 19.2 Å². The normalized spacial score (nSPS) is 20.4. The summed E-state index contributed by atoms with van der Waals surface area (Å²) in [6.07, 6.45) is 3.21. The van der Waals surface area contributed by atoms with Crippen LogP contribution in [0, 0.1) is 0 Å². The summed E-state index contributed by atoms with van der Waals surface area (Å²) in [6.45, 7) is 2.38. The monoisotopic (exact) mass is 329 g/mol. The van der Waals surface area contributed by atoms with Crippen molar-refractivity contribution in [3.8, 4) is 5.75 Å². The van der Waals surface area contributed by atoms with E-state index in [2.05, 4.69) is 6.92 Å². The molecule has 0 radical (unpaired) electrons. The van der Waals surface area contributed by atoms with Gasteiger partial charge in [-0.15, -0.1) is 0 Å². The number of furan rings is 1. The number of likely N-dealkylation sites (tertiary alicyclic amines) is 1. The molecule has 5 heteroatoms. The fraction of sp³-hybridized carbons (Fsp3) is 0.421. The lowest BCUT2D eigenvalue weighted by molar-refractivity contribution is 0.0713. The molecule has 0 aliphatic carbocycles. The minimum Gasteiger partial charge on any atom is -0.497 e. The molecule has 1 amide bonds. The quantitative estimate of drug-likeness (QED) is 0.915. The van der Waals surface area contributed by atoms with Crippen molar-refractivity contribution in [2.45, 2.75) is 38.3 Å². The Balaban J connectivity index is 1.89. The standard InChI is InChI=1S/C19H23NO4/c1-3-5-18-16(8-9-24-18)19(22)20-12-14(21)11-17(20)13-6-4-7-15(10-13)23-2/h4,6-10,14,17,21H,3,5,11-12H2,1-2H3/t14-,17+/m1/s1. The van der Waals surface area contributed by atoms with E-state index in [0.717, 1.165) is 24.2 Å². The van der Waals surface area contributed by atoms with Crippen LogP contribution in [-0.2, 0) is 6.42 Å². The Morgan fingerprint density at radius 1 is 1.42 bits per heavy atom. The first-order valence-electron chi connectivity index (χ1n) is 8.33. The van der Waals surface area contributed by atoms with Crippen molar-refractivity contribution in [3.63, 3.8) is 0 Å². The molecule has 1 aromatic heterocycles. The number of rotatable bonds is 5. The summed E-state index contributed by atoms with van der Waals surface area (Å²) in [7, 11) is 1.62. The summed E-state index contributed by atoms with van der Waals surface area (Å²) in [4.78, 5) is 14.8. The van der Waals surface area contributed by atoms with E-state index in [4.69, 9.17) is 9.15 Å². The lowest BCUT2D eigenvalue weighted by Crippen LogP contribution is -2.32. The zero-order valence-electron chi connectivity index (χ0n) is 14.1. The SMILES string of the molecule is CCCc1occc1C(=O)N1C[C@H](O)C[C@H]1c1cccc(OC)c1. The molecule has 2 aromatic rings. The number of aliphatic hydroxyl groups is 1. The number of carbonyl (C=O) groups is 1. The first-order chi connectivity index (χ1) is 11.6. The molecule has 1 N–H and O–H groups in total. The second-order valence-corrected chi connectivity index (χ2v) is 6.15. The number of benzene rings is 1. The predicted octanol–water partition coefficient (Wildman–Crippen LogP) is 3.19. The summed E-state index contributed by atoms with van der Waals surface area (Å²) < 4.78 is 10.7. The van der Waals surface area contributed by atoms with Gasteiger partial charge in [0.2, 0.25) is 0 Å². The van der Waals surface area contributed by atoms with E-state index >= 15 is 0 Å². The minimum atomic E-state index is -0.522. The lowest BCUT2D eigenvalue weighted by atomic mass is 10.0. The average Bonchev–Trinajstić information content (AvgIpc) is 3.21. The Hall–Kier alpha value is -2.27. The molecule has 0 bridgehead atoms. The molecule has 1 aliphatic heterocycles. The topological polar surface area (TPSA) is 62.9 Å². The van der Waals surface area contributed by atoms with Gasteiger partial charge in [-0.05, 0) is 36.6 Å². The largest absolute Gasteiger partial charge is 0.497 e. The molecule has 2 heterocycles. The zero-order valence-corrected chi connectivity index (χ0v) is 14.1. The van der Waals surface area contributed by atoms with Crippen molar-refractivity contribution in [1.82, 2.24) is 4.90 Å². The van der Waals surface area contributed by atoms with E-state index < -0.39 is 6.10 Å². The summed E-state index contributed by atoms with van der Waals surface area (Å²) in [5.74, 6) is 1.38. The Morgan fingerprint density at radius 3 is 3.00 bits per heavy atom. The first-order valence-corrected chi connectivity index (χ1v) is 8.33. The van der Waals surface area contributed by atoms with E-state index in [1.807, 2.05) is 24.3 Å². The highest BCUT2D eigenvalue weighted by Crippen LogP contribution is 2.35. The number of hydrogen-bond acceptors (Lipinski definition) is 4. The third-order valence-corrected chi connectivity index (χ3v) is 4.47. The summed E-state index contributed by atoms with van der Waals surface area (Å²) in [5, 5.41) is 10.1. The Morgan fingerprint density at radius 2 is 2.25 bits per heavy atom. The van der Waals surface area contributed by atoms with Gasteiger partial charge in [0, 0.05) is 13.0 Å². The molecular weight excluding hydrogens is 306 g/mol. The van der Waals surface area contributed by atoms with Gasteiger partial charge in [0.1, 0.15) is 11.5 Å². The van der Waals surface area contributed by atoms with E-state index in [0.29, 0.717) is 24.3 Å². The zero-order chi connectivity index (χ0) is 17.1. The van der Waals surface area contributed by atoms with E-state index in [1.165, 1.54) is 0 Å². The number of amides is 1. The van der Waals surface area contributed by atoms with E-state index in [-0.39, 0.29) is 11.9 Å². The smallest absolute Gasteiger partial charge is 0.258 e. The van der Waals surface area contributed by atoms with Gasteiger partial charge in [0.05, 0.1) is 31.1 Å². The molecular formula is C19H23NO4. The second-order valence-electron chi connectivity index (χ2n) is 6.15. The first kappa shape index (κ1) is 16.6. The highest BCUT2D eigenvalue weighted by atomic mass is 16.5. The number of methoxy groups -OCH3 is 1. The highest BCUT2D eigenvalue weighted by Gasteiger charge is 2.36. The van der Waals surface area contributed by atoms with Crippen LogP contribution in [-0.4, -0.2) is 35.7 Å². The van der Waals surface area contributed by atoms with Gasteiger partial charge in [0.25, 0.3) is 5.91 Å². The molecule has 5 nitrogen and oxygen atoms in total. The fourth-order valence-electron chi connectivity index (χ4n) is 3.31. The molecule has 0 saturated carbocycles. The van der Waals surface area contributed by atoms with E-state index in [9.17, 15) is 9.90 Å². The molecule has 2 atom stereocenters. The summed E-state index contributed by atoms with van der Waals surface area (Å²) in [5.41, 5.74) is 1.57. The lowest BCUT2D eigenvalue weighted by Gasteiger charge is -2.25. The molecule has 24 heavy (non-hydrogen) atoms. The maximum absolute atomic E-state index is 13.0. The van der Waals surface area contributed by atoms with Gasteiger partial charge in [-0.2, -0.15) is 0 Å². The summed E-state index contributed by atoms with van der Waals surface area (Å²) in [6, 6.07) is 9.23. The average molecular weight is 329 g/mol. The molecule has 128 valence electrons. The van der Waals surface area contributed by atoms with Gasteiger partial charge in [-0.3, -0.25) is 4.79 Å². The van der Waals surface area contributed by atoms with Crippen LogP contribution < -0.4 is 4.74 Å². The number of aryl methyl sites for hydroxylation is 1. The van der Waals surface area contributed by atoms with Crippen LogP contribution >= 0.6 is 0 Å². The van der Waals surface area contributed by atoms with Crippen LogP contribution in [0.25, 0.3) is 0 Å².